The summed E-state index contributed by atoms with van der Waals surface area (Å²) in [5, 5.41) is 32.0. The minimum absolute atomic E-state index is 0.0633. The summed E-state index contributed by atoms with van der Waals surface area (Å²) >= 11 is 4.41. The highest BCUT2D eigenvalue weighted by atomic mass is 32.5. The highest BCUT2D eigenvalue weighted by Gasteiger charge is 2.47. The number of H-pyrrole nitrogens is 2. The van der Waals surface area contributed by atoms with E-state index in [1.54, 1.807) is 6.92 Å². The number of nitrogen functional groups attached to an aromatic ring is 2. The van der Waals surface area contributed by atoms with E-state index < -0.39 is 95.8 Å². The number of aryl methyl sites for hydroxylation is 1. The smallest absolute Gasteiger partial charge is 0.280 e. The van der Waals surface area contributed by atoms with Crippen molar-refractivity contribution in [3.8, 4) is 0 Å². The van der Waals surface area contributed by atoms with Crippen LogP contribution in [0.2, 0.25) is 0 Å². The second-order valence-corrected chi connectivity index (χ2v) is 17.4. The number of hydrogen-bond donors (Lipinski definition) is 7. The average molecular weight is 829 g/mol. The fourth-order valence-corrected chi connectivity index (χ4v) is 10.6. The molecule has 0 aromatic carbocycles. The number of anilines is 2. The number of hydrogen-bond acceptors (Lipinski definition) is 23. The normalized spacial score (nSPS) is 29.7. The zero-order chi connectivity index (χ0) is 38.8. The molecule has 30 heteroatoms. The molecule has 0 aliphatic carbocycles. The van der Waals surface area contributed by atoms with E-state index in [9.17, 15) is 48.7 Å². The largest absolute Gasteiger partial charge is 0.779 e. The SMILES string of the molecule is COC1C(O)C(COP(=O)([O-])OP([O-])(=S)OP(=O)([O-])OCC2OC(n3cnc4c(=O)[nH]c(N)nc43)C(O)C2O)OC1n1cc(C)c2c(=O)[nH]c(N)nc21. The van der Waals surface area contributed by atoms with Gasteiger partial charge in [-0.1, -0.05) is 11.8 Å². The van der Waals surface area contributed by atoms with Gasteiger partial charge in [-0.05, 0) is 12.5 Å². The molecule has 6 rings (SSSR count). The predicted molar refractivity (Wildman–Crippen MR) is 172 cm³/mol. The highest BCUT2D eigenvalue weighted by Crippen LogP contribution is 2.63. The van der Waals surface area contributed by atoms with Crippen LogP contribution in [-0.4, -0.2) is 106 Å². The summed E-state index contributed by atoms with van der Waals surface area (Å²) in [6.45, 7) is -6.02. The summed E-state index contributed by atoms with van der Waals surface area (Å²) in [6, 6.07) is 0. The molecular formula is C23H29N9O17P3S-3. The summed E-state index contributed by atoms with van der Waals surface area (Å²) in [5.74, 6) is -0.522. The standard InChI is InChI=1S/C23H32N9O17P3S/c1-7-3-31(16-10(7)18(36)29-22(24)27-16)21-15(43-2)13(34)9(47-21)5-45-51(40,41)49-52(42,53)48-50(38,39)44-4-8-12(33)14(35)20(46-8)32-6-26-11-17(32)28-23(25)30-19(11)37/h3,6,8-9,12-15,20-21,33-35H,4-5H2,1-2H3,(H,38,39)(H,40,41)(H,42,53)(H3,24,27,29,36)(H3,25,28,30,37)/p-3. The minimum atomic E-state index is -5.81. The number of aliphatic hydroxyl groups is 3. The van der Waals surface area contributed by atoms with E-state index in [4.69, 9.17) is 25.7 Å². The fraction of sp³-hybridized carbons (Fsp3) is 0.522. The summed E-state index contributed by atoms with van der Waals surface area (Å²) in [4.78, 5) is 78.6. The third kappa shape index (κ3) is 8.03. The van der Waals surface area contributed by atoms with Crippen molar-refractivity contribution in [3.05, 3.63) is 38.8 Å². The first-order valence-electron chi connectivity index (χ1n) is 14.8. The number of imidazole rings is 1. The number of rotatable bonds is 13. The third-order valence-corrected chi connectivity index (χ3v) is 13.3. The molecule has 292 valence electrons. The average Bonchev–Trinajstić information content (AvgIpc) is 3.77. The molecule has 0 spiro atoms. The van der Waals surface area contributed by atoms with Crippen molar-refractivity contribution >= 4 is 68.3 Å². The molecular weight excluding hydrogens is 799 g/mol. The number of nitrogens with two attached hydrogens (primary N) is 2. The van der Waals surface area contributed by atoms with Crippen LogP contribution < -0.4 is 37.3 Å². The zero-order valence-corrected chi connectivity index (χ0v) is 30.4. The first kappa shape index (κ1) is 39.6. The molecule has 11 unspecified atom stereocenters. The van der Waals surface area contributed by atoms with E-state index in [1.165, 1.54) is 17.9 Å². The molecule has 26 nitrogen and oxygen atoms in total. The lowest BCUT2D eigenvalue weighted by Crippen LogP contribution is -2.35. The van der Waals surface area contributed by atoms with Gasteiger partial charge in [0.05, 0.1) is 24.9 Å². The van der Waals surface area contributed by atoms with Crippen LogP contribution in [0, 0.1) is 6.92 Å². The summed E-state index contributed by atoms with van der Waals surface area (Å²) < 4.78 is 61.6. The summed E-state index contributed by atoms with van der Waals surface area (Å²) in [6.07, 6.45) is -9.58. The number of aromatic amines is 2. The molecule has 4 aromatic heterocycles. The van der Waals surface area contributed by atoms with Crippen LogP contribution in [0.4, 0.5) is 11.9 Å². The van der Waals surface area contributed by atoms with Crippen molar-refractivity contribution < 1.29 is 71.0 Å². The number of fused-ring (bicyclic) bond motifs is 2. The molecule has 2 aliphatic heterocycles. The number of aliphatic hydroxyl groups excluding tert-OH is 3. The van der Waals surface area contributed by atoms with Crippen LogP contribution in [0.5, 0.6) is 0 Å². The molecule has 53 heavy (non-hydrogen) atoms. The van der Waals surface area contributed by atoms with Gasteiger partial charge in [-0.15, -0.1) is 0 Å². The Hall–Kier alpha value is -3.04. The maximum atomic E-state index is 12.7. The molecule has 2 fully saturated rings. The van der Waals surface area contributed by atoms with Gasteiger partial charge in [-0.25, -0.2) is 4.98 Å². The second-order valence-electron chi connectivity index (χ2n) is 11.5. The lowest BCUT2D eigenvalue weighted by molar-refractivity contribution is -0.244. The third-order valence-electron chi connectivity index (χ3n) is 8.01. The van der Waals surface area contributed by atoms with Crippen molar-refractivity contribution in [2.75, 3.05) is 31.8 Å². The van der Waals surface area contributed by atoms with Crippen molar-refractivity contribution in [1.29, 1.82) is 0 Å². The van der Waals surface area contributed by atoms with Gasteiger partial charge in [-0.2, -0.15) is 9.97 Å². The summed E-state index contributed by atoms with van der Waals surface area (Å²) in [7, 11) is -10.4. The van der Waals surface area contributed by atoms with Crippen LogP contribution >= 0.6 is 22.4 Å². The van der Waals surface area contributed by atoms with Crippen LogP contribution in [0.1, 0.15) is 18.0 Å². The van der Waals surface area contributed by atoms with Crippen LogP contribution in [-0.2, 0) is 52.8 Å². The predicted octanol–water partition coefficient (Wildman–Crippen LogP) is -4.19. The van der Waals surface area contributed by atoms with E-state index in [2.05, 4.69) is 54.4 Å². The van der Waals surface area contributed by atoms with Crippen molar-refractivity contribution in [1.82, 2.24) is 34.1 Å². The Morgan fingerprint density at radius 2 is 1.43 bits per heavy atom. The van der Waals surface area contributed by atoms with Gasteiger partial charge in [0, 0.05) is 13.3 Å². The fourth-order valence-electron chi connectivity index (χ4n) is 5.75. The van der Waals surface area contributed by atoms with Crippen LogP contribution in [0.25, 0.3) is 22.2 Å². The maximum Gasteiger partial charge on any atom is 0.280 e. The van der Waals surface area contributed by atoms with Crippen molar-refractivity contribution in [2.24, 2.45) is 0 Å². The second kappa shape index (κ2) is 14.6. The summed E-state index contributed by atoms with van der Waals surface area (Å²) in [5.41, 5.74) is 10.1. The lowest BCUT2D eigenvalue weighted by atomic mass is 10.1. The quantitative estimate of drug-likeness (QED) is 0.0628. The van der Waals surface area contributed by atoms with Gasteiger partial charge in [0.2, 0.25) is 11.9 Å². The molecule has 0 amide bonds. The van der Waals surface area contributed by atoms with Gasteiger partial charge in [-0.3, -0.25) is 41.9 Å². The molecule has 0 bridgehead atoms. The molecule has 9 N–H and O–H groups in total. The number of methoxy groups -OCH3 is 1. The maximum absolute atomic E-state index is 12.7. The Morgan fingerprint density at radius 1 is 0.887 bits per heavy atom. The first-order valence-corrected chi connectivity index (χ1v) is 20.3. The molecule has 6 heterocycles. The number of nitrogens with zero attached hydrogens (tertiary/aromatic N) is 5. The van der Waals surface area contributed by atoms with Crippen LogP contribution in [0.3, 0.4) is 0 Å². The highest BCUT2D eigenvalue weighted by molar-refractivity contribution is 8.09. The topological polar surface area (TPSA) is 395 Å². The molecule has 2 saturated heterocycles. The van der Waals surface area contributed by atoms with E-state index in [-0.39, 0.29) is 34.1 Å². The lowest BCUT2D eigenvalue weighted by Gasteiger charge is -2.37. The Bertz CT molecular complexity index is 2300. The Labute approximate surface area is 299 Å². The zero-order valence-electron chi connectivity index (χ0n) is 26.9. The monoisotopic (exact) mass is 828 g/mol. The Balaban J connectivity index is 1.06. The number of nitrogens with one attached hydrogen (secondary N) is 2. The Kier molecular flexibility index (Phi) is 10.9. The van der Waals surface area contributed by atoms with E-state index in [1.807, 2.05) is 0 Å². The number of aromatic nitrogens is 7. The van der Waals surface area contributed by atoms with E-state index >= 15 is 0 Å². The molecule has 11 atom stereocenters. The molecule has 0 saturated carbocycles. The van der Waals surface area contributed by atoms with Gasteiger partial charge in [0.1, 0.15) is 43.3 Å². The van der Waals surface area contributed by atoms with Gasteiger partial charge < -0.3 is 69.3 Å². The minimum Gasteiger partial charge on any atom is -0.779 e. The van der Waals surface area contributed by atoms with Crippen LogP contribution in [0.15, 0.2) is 22.1 Å². The van der Waals surface area contributed by atoms with Crippen molar-refractivity contribution in [3.63, 3.8) is 0 Å². The number of phosphoric acid groups is 2. The molecule has 4 aromatic rings. The van der Waals surface area contributed by atoms with Gasteiger partial charge >= 0.3 is 0 Å². The molecule has 2 aliphatic rings. The van der Waals surface area contributed by atoms with Gasteiger partial charge in [0.25, 0.3) is 26.8 Å². The number of phosphoric ester groups is 2. The van der Waals surface area contributed by atoms with Crippen molar-refractivity contribution in [2.45, 2.75) is 56.0 Å². The van der Waals surface area contributed by atoms with E-state index in [0.717, 1.165) is 10.9 Å². The Morgan fingerprint density at radius 3 is 2.04 bits per heavy atom. The van der Waals surface area contributed by atoms with Gasteiger partial charge in [0.15, 0.2) is 29.3 Å². The molecule has 0 radical (unpaired) electrons. The first-order chi connectivity index (χ1) is 24.7. The van der Waals surface area contributed by atoms with E-state index in [0.29, 0.717) is 5.56 Å². The number of ether oxygens (including phenoxy) is 3.